The molecule has 1 atom stereocenters. The Hall–Kier alpha value is -2.67. The number of ether oxygens (including phenoxy) is 1. The second kappa shape index (κ2) is 7.48. The van der Waals surface area contributed by atoms with Crippen LogP contribution >= 0.6 is 0 Å². The molecule has 25 heavy (non-hydrogen) atoms. The van der Waals surface area contributed by atoms with Crippen molar-refractivity contribution in [3.8, 4) is 0 Å². The predicted molar refractivity (Wildman–Crippen MR) is 98.4 cm³/mol. The van der Waals surface area contributed by atoms with Gasteiger partial charge in [-0.2, -0.15) is 0 Å². The van der Waals surface area contributed by atoms with Gasteiger partial charge < -0.3 is 20.3 Å². The van der Waals surface area contributed by atoms with Gasteiger partial charge in [-0.25, -0.2) is 9.97 Å². The molecule has 0 aliphatic carbocycles. The van der Waals surface area contributed by atoms with Crippen molar-refractivity contribution in [3.63, 3.8) is 0 Å². The van der Waals surface area contributed by atoms with E-state index in [9.17, 15) is 4.79 Å². The summed E-state index contributed by atoms with van der Waals surface area (Å²) >= 11 is 0. The van der Waals surface area contributed by atoms with Gasteiger partial charge in [-0.05, 0) is 44.0 Å². The van der Waals surface area contributed by atoms with Crippen molar-refractivity contribution in [1.82, 2.24) is 9.97 Å². The molecule has 2 heterocycles. The van der Waals surface area contributed by atoms with Crippen LogP contribution < -0.4 is 15.5 Å². The highest BCUT2D eigenvalue weighted by Crippen LogP contribution is 2.21. The van der Waals surface area contributed by atoms with E-state index in [0.717, 1.165) is 35.9 Å². The monoisotopic (exact) mass is 341 g/mol. The second-order valence-corrected chi connectivity index (χ2v) is 6.25. The minimum absolute atomic E-state index is 0.0831. The van der Waals surface area contributed by atoms with Crippen LogP contribution in [0.5, 0.6) is 0 Å². The molecule has 7 heteroatoms. The summed E-state index contributed by atoms with van der Waals surface area (Å²) in [6, 6.07) is 9.40. The van der Waals surface area contributed by atoms with Crippen LogP contribution in [0.3, 0.4) is 0 Å². The van der Waals surface area contributed by atoms with Crippen LogP contribution in [0.4, 0.5) is 23.0 Å². The minimum Gasteiger partial charge on any atom is -0.368 e. The summed E-state index contributed by atoms with van der Waals surface area (Å²) in [5.41, 5.74) is 1.64. The van der Waals surface area contributed by atoms with Gasteiger partial charge in [0.15, 0.2) is 0 Å². The largest absolute Gasteiger partial charge is 0.368 e. The van der Waals surface area contributed by atoms with Crippen molar-refractivity contribution >= 4 is 28.9 Å². The normalized spacial score (nSPS) is 16.5. The maximum Gasteiger partial charge on any atom is 0.253 e. The first kappa shape index (κ1) is 17.2. The molecule has 0 bridgehead atoms. The summed E-state index contributed by atoms with van der Waals surface area (Å²) in [4.78, 5) is 22.8. The first-order valence-corrected chi connectivity index (χ1v) is 8.34. The molecular weight excluding hydrogens is 318 g/mol. The number of nitrogens with zero attached hydrogens (tertiary/aromatic N) is 3. The number of hydrogen-bond donors (Lipinski definition) is 2. The molecule has 3 rings (SSSR count). The molecule has 2 N–H and O–H groups in total. The quantitative estimate of drug-likeness (QED) is 0.870. The van der Waals surface area contributed by atoms with Crippen molar-refractivity contribution in [3.05, 3.63) is 36.2 Å². The lowest BCUT2D eigenvalue weighted by Crippen LogP contribution is -2.26. The molecule has 0 saturated carbocycles. The second-order valence-electron chi connectivity index (χ2n) is 6.25. The number of carbonyl (C=O) groups excluding carboxylic acids is 1. The summed E-state index contributed by atoms with van der Waals surface area (Å²) in [7, 11) is 3.88. The van der Waals surface area contributed by atoms with Crippen LogP contribution in [0.25, 0.3) is 0 Å². The van der Waals surface area contributed by atoms with Crippen LogP contribution in [-0.2, 0) is 9.53 Å². The number of benzene rings is 1. The number of nitrogens with one attached hydrogen (secondary N) is 2. The van der Waals surface area contributed by atoms with E-state index in [1.165, 1.54) is 0 Å². The first-order valence-electron chi connectivity index (χ1n) is 8.34. The number of hydrogen-bond acceptors (Lipinski definition) is 6. The number of aryl methyl sites for hydroxylation is 1. The molecule has 1 fully saturated rings. The zero-order valence-electron chi connectivity index (χ0n) is 14.7. The van der Waals surface area contributed by atoms with Gasteiger partial charge in [-0.1, -0.05) is 0 Å². The van der Waals surface area contributed by atoms with Gasteiger partial charge in [0.2, 0.25) is 0 Å². The molecule has 0 radical (unpaired) electrons. The first-order chi connectivity index (χ1) is 12.0. The zero-order valence-corrected chi connectivity index (χ0v) is 14.7. The fourth-order valence-electron chi connectivity index (χ4n) is 2.64. The van der Waals surface area contributed by atoms with E-state index in [1.54, 1.807) is 0 Å². The van der Waals surface area contributed by atoms with Gasteiger partial charge in [0.05, 0.1) is 0 Å². The third kappa shape index (κ3) is 4.45. The SMILES string of the molecule is Cc1nc(Nc2ccc(NC(=O)[C@H]3CCCO3)cc2)cc(N(C)C)n1. The molecule has 1 aliphatic heterocycles. The van der Waals surface area contributed by atoms with Crippen LogP contribution in [-0.4, -0.2) is 42.7 Å². The van der Waals surface area contributed by atoms with Crippen LogP contribution in [0, 0.1) is 6.92 Å². The van der Waals surface area contributed by atoms with Crippen molar-refractivity contribution in [2.24, 2.45) is 0 Å². The van der Waals surface area contributed by atoms with Crippen molar-refractivity contribution < 1.29 is 9.53 Å². The smallest absolute Gasteiger partial charge is 0.253 e. The van der Waals surface area contributed by atoms with E-state index in [-0.39, 0.29) is 12.0 Å². The lowest BCUT2D eigenvalue weighted by atomic mass is 10.2. The standard InChI is InChI=1S/C18H23N5O2/c1-12-19-16(11-17(20-12)23(2)3)21-13-6-8-14(9-7-13)22-18(24)15-5-4-10-25-15/h6-9,11,15H,4-5,10H2,1-3H3,(H,22,24)(H,19,20,21)/t15-/m1/s1. The molecule has 132 valence electrons. The van der Waals surface area contributed by atoms with E-state index in [1.807, 2.05) is 56.3 Å². The highest BCUT2D eigenvalue weighted by Gasteiger charge is 2.23. The third-order valence-electron chi connectivity index (χ3n) is 3.93. The summed E-state index contributed by atoms with van der Waals surface area (Å²) in [6.07, 6.45) is 1.40. The number of amides is 1. The molecule has 1 aromatic carbocycles. The number of carbonyl (C=O) groups is 1. The van der Waals surface area contributed by atoms with E-state index >= 15 is 0 Å². The Morgan fingerprint density at radius 3 is 2.56 bits per heavy atom. The topological polar surface area (TPSA) is 79.4 Å². The fourth-order valence-corrected chi connectivity index (χ4v) is 2.64. The lowest BCUT2D eigenvalue weighted by molar-refractivity contribution is -0.124. The van der Waals surface area contributed by atoms with Gasteiger partial charge in [0, 0.05) is 38.1 Å². The predicted octanol–water partition coefficient (Wildman–Crippen LogP) is 2.71. The average molecular weight is 341 g/mol. The highest BCUT2D eigenvalue weighted by molar-refractivity contribution is 5.94. The highest BCUT2D eigenvalue weighted by atomic mass is 16.5. The molecule has 0 spiro atoms. The fraction of sp³-hybridized carbons (Fsp3) is 0.389. The van der Waals surface area contributed by atoms with E-state index in [0.29, 0.717) is 12.4 Å². The van der Waals surface area contributed by atoms with E-state index < -0.39 is 0 Å². The number of rotatable bonds is 5. The number of aromatic nitrogens is 2. The molecule has 0 unspecified atom stereocenters. The number of anilines is 4. The van der Waals surface area contributed by atoms with Crippen LogP contribution in [0.15, 0.2) is 30.3 Å². The molecule has 1 aliphatic rings. The summed E-state index contributed by atoms with van der Waals surface area (Å²) in [6.45, 7) is 2.52. The summed E-state index contributed by atoms with van der Waals surface area (Å²) in [5, 5.41) is 6.14. The molecule has 7 nitrogen and oxygen atoms in total. The van der Waals surface area contributed by atoms with Gasteiger partial charge >= 0.3 is 0 Å². The van der Waals surface area contributed by atoms with Crippen LogP contribution in [0.1, 0.15) is 18.7 Å². The van der Waals surface area contributed by atoms with E-state index in [2.05, 4.69) is 20.6 Å². The Labute approximate surface area is 147 Å². The molecular formula is C18H23N5O2. The third-order valence-corrected chi connectivity index (χ3v) is 3.93. The molecule has 1 amide bonds. The van der Waals surface area contributed by atoms with Crippen molar-refractivity contribution in [1.29, 1.82) is 0 Å². The van der Waals surface area contributed by atoms with E-state index in [4.69, 9.17) is 4.74 Å². The van der Waals surface area contributed by atoms with Crippen LogP contribution in [0.2, 0.25) is 0 Å². The summed E-state index contributed by atoms with van der Waals surface area (Å²) in [5.74, 6) is 2.19. The Bertz CT molecular complexity index is 740. The Morgan fingerprint density at radius 1 is 1.20 bits per heavy atom. The van der Waals surface area contributed by atoms with Gasteiger partial charge in [0.1, 0.15) is 23.6 Å². The van der Waals surface area contributed by atoms with Gasteiger partial charge in [0.25, 0.3) is 5.91 Å². The lowest BCUT2D eigenvalue weighted by Gasteiger charge is -2.14. The van der Waals surface area contributed by atoms with Crippen molar-refractivity contribution in [2.75, 3.05) is 36.2 Å². The average Bonchev–Trinajstić information content (AvgIpc) is 3.11. The molecule has 2 aromatic rings. The molecule has 1 aromatic heterocycles. The minimum atomic E-state index is -0.328. The zero-order chi connectivity index (χ0) is 17.8. The maximum absolute atomic E-state index is 12.1. The Kier molecular flexibility index (Phi) is 5.14. The van der Waals surface area contributed by atoms with Gasteiger partial charge in [-0.15, -0.1) is 0 Å². The van der Waals surface area contributed by atoms with Crippen molar-refractivity contribution in [2.45, 2.75) is 25.9 Å². The Balaban J connectivity index is 1.65. The summed E-state index contributed by atoms with van der Waals surface area (Å²) < 4.78 is 5.39. The molecule has 1 saturated heterocycles. The van der Waals surface area contributed by atoms with Gasteiger partial charge in [-0.3, -0.25) is 4.79 Å². The maximum atomic E-state index is 12.1. The Morgan fingerprint density at radius 2 is 1.92 bits per heavy atom.